The largest absolute Gasteiger partial charge is 0.341 e. The van der Waals surface area contributed by atoms with E-state index in [0.717, 1.165) is 11.1 Å². The van der Waals surface area contributed by atoms with Crippen molar-refractivity contribution in [3.8, 4) is 11.4 Å². The first kappa shape index (κ1) is 15.0. The maximum Gasteiger partial charge on any atom is 0.295 e. The van der Waals surface area contributed by atoms with Crippen molar-refractivity contribution in [2.75, 3.05) is 0 Å². The third kappa shape index (κ3) is 3.64. The first-order chi connectivity index (χ1) is 11.2. The highest BCUT2D eigenvalue weighted by Gasteiger charge is 2.15. The molecule has 2 N–H and O–H groups in total. The highest BCUT2D eigenvalue weighted by Crippen LogP contribution is 2.17. The lowest BCUT2D eigenvalue weighted by atomic mass is 10.2. The van der Waals surface area contributed by atoms with Crippen LogP contribution in [-0.4, -0.2) is 15.9 Å². The Balaban J connectivity index is 1.65. The quantitative estimate of drug-likeness (QED) is 0.711. The molecule has 0 atom stereocenters. The van der Waals surface area contributed by atoms with Gasteiger partial charge in [-0.25, -0.2) is 10.5 Å². The molecule has 0 aliphatic rings. The number of aromatic nitrogens is 2. The van der Waals surface area contributed by atoms with Crippen molar-refractivity contribution in [3.05, 3.63) is 77.6 Å². The van der Waals surface area contributed by atoms with Gasteiger partial charge in [0, 0.05) is 11.3 Å². The molecule has 23 heavy (non-hydrogen) atoms. The molecule has 116 valence electrons. The minimum absolute atomic E-state index is 0.307. The van der Waals surface area contributed by atoms with Crippen molar-refractivity contribution in [3.63, 3.8) is 0 Å². The summed E-state index contributed by atoms with van der Waals surface area (Å²) in [5.41, 5.74) is 5.37. The monoisotopic (exact) mass is 307 g/mol. The van der Waals surface area contributed by atoms with E-state index < -0.39 is 0 Å². The predicted octanol–water partition coefficient (Wildman–Crippen LogP) is 3.25. The van der Waals surface area contributed by atoms with Gasteiger partial charge in [0.05, 0.1) is 6.61 Å². The van der Waals surface area contributed by atoms with Gasteiger partial charge in [0.1, 0.15) is 5.82 Å². The van der Waals surface area contributed by atoms with Gasteiger partial charge in [0.15, 0.2) is 5.69 Å². The molecule has 0 spiro atoms. The summed E-state index contributed by atoms with van der Waals surface area (Å²) in [6.07, 6.45) is 0. The number of nitrogens with one attached hydrogen (secondary N) is 2. The number of hydrogen-bond donors (Lipinski definition) is 2. The normalized spacial score (nSPS) is 10.5. The van der Waals surface area contributed by atoms with Crippen LogP contribution in [-0.2, 0) is 11.4 Å². The van der Waals surface area contributed by atoms with Crippen molar-refractivity contribution < 1.29 is 9.63 Å². The number of amides is 1. The van der Waals surface area contributed by atoms with Crippen molar-refractivity contribution >= 4 is 5.91 Å². The molecule has 0 radical (unpaired) electrons. The molecule has 5 heteroatoms. The summed E-state index contributed by atoms with van der Waals surface area (Å²) in [7, 11) is 0. The number of hydroxylamine groups is 1. The van der Waals surface area contributed by atoms with E-state index in [1.807, 2.05) is 67.6 Å². The molecule has 2 aromatic carbocycles. The van der Waals surface area contributed by atoms with E-state index in [1.165, 1.54) is 0 Å². The van der Waals surface area contributed by atoms with Gasteiger partial charge >= 0.3 is 0 Å². The lowest BCUT2D eigenvalue weighted by molar-refractivity contribution is 0.0229. The van der Waals surface area contributed by atoms with Gasteiger partial charge in [0.25, 0.3) is 5.91 Å². The van der Waals surface area contributed by atoms with Crippen LogP contribution in [0.1, 0.15) is 21.7 Å². The number of benzene rings is 2. The number of carbonyl (C=O) groups excluding carboxylic acids is 1. The van der Waals surface area contributed by atoms with Crippen LogP contribution < -0.4 is 5.48 Å². The van der Waals surface area contributed by atoms with Crippen LogP contribution in [0.4, 0.5) is 0 Å². The summed E-state index contributed by atoms with van der Waals surface area (Å²) >= 11 is 0. The molecule has 0 aliphatic heterocycles. The minimum Gasteiger partial charge on any atom is -0.341 e. The van der Waals surface area contributed by atoms with E-state index in [0.29, 0.717) is 23.8 Å². The van der Waals surface area contributed by atoms with Crippen molar-refractivity contribution in [2.45, 2.75) is 13.5 Å². The summed E-state index contributed by atoms with van der Waals surface area (Å²) in [4.78, 5) is 24.9. The number of aryl methyl sites for hydroxylation is 1. The SMILES string of the molecule is Cc1[nH]c(-c2ccccc2)nc1C(=O)NOCc1ccccc1. The Morgan fingerprint density at radius 3 is 2.43 bits per heavy atom. The number of rotatable bonds is 5. The summed E-state index contributed by atoms with van der Waals surface area (Å²) in [6, 6.07) is 19.3. The number of hydrogen-bond acceptors (Lipinski definition) is 3. The van der Waals surface area contributed by atoms with Gasteiger partial charge < -0.3 is 4.98 Å². The lowest BCUT2D eigenvalue weighted by Crippen LogP contribution is -2.24. The summed E-state index contributed by atoms with van der Waals surface area (Å²) in [6.45, 7) is 2.12. The second-order valence-corrected chi connectivity index (χ2v) is 5.13. The molecule has 0 saturated heterocycles. The zero-order valence-electron chi connectivity index (χ0n) is 12.7. The number of nitrogens with zero attached hydrogens (tertiary/aromatic N) is 1. The van der Waals surface area contributed by atoms with Gasteiger partial charge in [-0.3, -0.25) is 9.63 Å². The molecular formula is C18H17N3O2. The summed E-state index contributed by atoms with van der Waals surface area (Å²) < 4.78 is 0. The summed E-state index contributed by atoms with van der Waals surface area (Å²) in [5.74, 6) is 0.299. The van der Waals surface area contributed by atoms with Crippen LogP contribution in [0.15, 0.2) is 60.7 Å². The fourth-order valence-electron chi connectivity index (χ4n) is 2.22. The van der Waals surface area contributed by atoms with E-state index in [2.05, 4.69) is 15.4 Å². The number of H-pyrrole nitrogens is 1. The van der Waals surface area contributed by atoms with E-state index in [4.69, 9.17) is 4.84 Å². The maximum atomic E-state index is 12.2. The third-order valence-corrected chi connectivity index (χ3v) is 3.39. The van der Waals surface area contributed by atoms with Crippen molar-refractivity contribution in [1.29, 1.82) is 0 Å². The van der Waals surface area contributed by atoms with Crippen LogP contribution in [0.5, 0.6) is 0 Å². The molecule has 0 aliphatic carbocycles. The first-order valence-corrected chi connectivity index (χ1v) is 7.32. The second-order valence-electron chi connectivity index (χ2n) is 5.13. The molecule has 0 fully saturated rings. The minimum atomic E-state index is -0.364. The van der Waals surface area contributed by atoms with Crippen LogP contribution in [0.2, 0.25) is 0 Å². The lowest BCUT2D eigenvalue weighted by Gasteiger charge is -2.04. The van der Waals surface area contributed by atoms with Gasteiger partial charge in [-0.1, -0.05) is 60.7 Å². The molecule has 0 saturated carbocycles. The second kappa shape index (κ2) is 6.89. The fourth-order valence-corrected chi connectivity index (χ4v) is 2.22. The smallest absolute Gasteiger partial charge is 0.295 e. The Hall–Kier alpha value is -2.92. The Morgan fingerprint density at radius 1 is 1.09 bits per heavy atom. The molecule has 1 amide bonds. The Morgan fingerprint density at radius 2 is 1.74 bits per heavy atom. The molecule has 0 bridgehead atoms. The average Bonchev–Trinajstić information content (AvgIpc) is 2.98. The topological polar surface area (TPSA) is 67.0 Å². The van der Waals surface area contributed by atoms with Gasteiger partial charge in [-0.05, 0) is 12.5 Å². The molecule has 3 rings (SSSR count). The number of aromatic amines is 1. The molecular weight excluding hydrogens is 290 g/mol. The highest BCUT2D eigenvalue weighted by atomic mass is 16.6. The molecule has 5 nitrogen and oxygen atoms in total. The maximum absolute atomic E-state index is 12.2. The number of carbonyl (C=O) groups is 1. The van der Waals surface area contributed by atoms with Crippen LogP contribution in [0, 0.1) is 6.92 Å². The van der Waals surface area contributed by atoms with Crippen LogP contribution >= 0.6 is 0 Å². The zero-order chi connectivity index (χ0) is 16.1. The van der Waals surface area contributed by atoms with Crippen molar-refractivity contribution in [1.82, 2.24) is 15.4 Å². The van der Waals surface area contributed by atoms with Crippen molar-refractivity contribution in [2.24, 2.45) is 0 Å². The highest BCUT2D eigenvalue weighted by molar-refractivity contribution is 5.93. The molecule has 1 aromatic heterocycles. The van der Waals surface area contributed by atoms with Gasteiger partial charge in [-0.2, -0.15) is 0 Å². The van der Waals surface area contributed by atoms with E-state index in [9.17, 15) is 4.79 Å². The number of imidazole rings is 1. The molecule has 0 unspecified atom stereocenters. The van der Waals surface area contributed by atoms with Crippen LogP contribution in [0.3, 0.4) is 0 Å². The van der Waals surface area contributed by atoms with E-state index >= 15 is 0 Å². The average molecular weight is 307 g/mol. The van der Waals surface area contributed by atoms with Gasteiger partial charge in [0.2, 0.25) is 0 Å². The molecule has 1 heterocycles. The molecule has 3 aromatic rings. The Labute approximate surface area is 134 Å². The fraction of sp³-hybridized carbons (Fsp3) is 0.111. The predicted molar refractivity (Wildman–Crippen MR) is 87.5 cm³/mol. The van der Waals surface area contributed by atoms with Crippen LogP contribution in [0.25, 0.3) is 11.4 Å². The zero-order valence-corrected chi connectivity index (χ0v) is 12.7. The van der Waals surface area contributed by atoms with E-state index in [1.54, 1.807) is 0 Å². The standard InChI is InChI=1S/C18H17N3O2/c1-13-16(20-17(19-13)15-10-6-3-7-11-15)18(22)21-23-12-14-8-4-2-5-9-14/h2-11H,12H2,1H3,(H,19,20)(H,21,22). The van der Waals surface area contributed by atoms with Gasteiger partial charge in [-0.15, -0.1) is 0 Å². The summed E-state index contributed by atoms with van der Waals surface area (Å²) in [5, 5.41) is 0. The van der Waals surface area contributed by atoms with E-state index in [-0.39, 0.29) is 5.91 Å². The first-order valence-electron chi connectivity index (χ1n) is 7.32. The Kier molecular flexibility index (Phi) is 4.49. The Bertz CT molecular complexity index is 783. The third-order valence-electron chi connectivity index (χ3n) is 3.39.